The van der Waals surface area contributed by atoms with Gasteiger partial charge in [-0.1, -0.05) is 33.6 Å². The van der Waals surface area contributed by atoms with Gasteiger partial charge in [0.1, 0.15) is 0 Å². The molecule has 0 aromatic heterocycles. The fourth-order valence-corrected chi connectivity index (χ4v) is 3.57. The van der Waals surface area contributed by atoms with E-state index in [4.69, 9.17) is 0 Å². The number of hydrogen-bond donors (Lipinski definition) is 1. The summed E-state index contributed by atoms with van der Waals surface area (Å²) in [6.07, 6.45) is 7.06. The van der Waals surface area contributed by atoms with Crippen LogP contribution >= 0.6 is 0 Å². The van der Waals surface area contributed by atoms with Crippen LogP contribution in [-0.2, 0) is 0 Å². The molecule has 2 nitrogen and oxygen atoms in total. The predicted molar refractivity (Wildman–Crippen MR) is 78.9 cm³/mol. The first-order valence-electron chi connectivity index (χ1n) is 8.07. The first kappa shape index (κ1) is 14.3. The minimum Gasteiger partial charge on any atom is -0.311 e. The Morgan fingerprint density at radius 2 is 2.06 bits per heavy atom. The Labute approximate surface area is 114 Å². The molecule has 1 aliphatic carbocycles. The number of rotatable bonds is 5. The lowest BCUT2D eigenvalue weighted by atomic mass is 9.66. The zero-order valence-electron chi connectivity index (χ0n) is 12.8. The van der Waals surface area contributed by atoms with Gasteiger partial charge >= 0.3 is 0 Å². The Morgan fingerprint density at radius 3 is 2.56 bits per heavy atom. The normalized spacial score (nSPS) is 34.0. The fourth-order valence-electron chi connectivity index (χ4n) is 3.57. The van der Waals surface area contributed by atoms with Crippen molar-refractivity contribution in [1.82, 2.24) is 10.2 Å². The molecule has 3 unspecified atom stereocenters. The average molecular weight is 252 g/mol. The Morgan fingerprint density at radius 1 is 1.33 bits per heavy atom. The molecule has 0 bridgehead atoms. The quantitative estimate of drug-likeness (QED) is 0.808. The number of nitrogens with one attached hydrogen (secondary N) is 1. The van der Waals surface area contributed by atoms with E-state index in [1.54, 1.807) is 0 Å². The fraction of sp³-hybridized carbons (Fsp3) is 1.00. The van der Waals surface area contributed by atoms with Crippen molar-refractivity contribution in [2.45, 2.75) is 71.9 Å². The molecule has 0 radical (unpaired) electrons. The number of piperazine rings is 1. The Kier molecular flexibility index (Phi) is 4.71. The molecule has 0 aromatic carbocycles. The highest BCUT2D eigenvalue weighted by Gasteiger charge is 2.39. The maximum Gasteiger partial charge on any atom is 0.0221 e. The van der Waals surface area contributed by atoms with Crippen molar-refractivity contribution in [2.24, 2.45) is 11.3 Å². The second-order valence-electron chi connectivity index (χ2n) is 6.89. The van der Waals surface area contributed by atoms with E-state index in [1.807, 2.05) is 0 Å². The van der Waals surface area contributed by atoms with Gasteiger partial charge in [0.2, 0.25) is 0 Å². The molecule has 2 rings (SSSR count). The molecule has 18 heavy (non-hydrogen) atoms. The molecule has 0 aromatic rings. The predicted octanol–water partition coefficient (Wildman–Crippen LogP) is 3.28. The summed E-state index contributed by atoms with van der Waals surface area (Å²) in [7, 11) is 0. The van der Waals surface area contributed by atoms with Crippen molar-refractivity contribution in [2.75, 3.05) is 19.6 Å². The first-order valence-corrected chi connectivity index (χ1v) is 8.07. The maximum atomic E-state index is 3.75. The highest BCUT2D eigenvalue weighted by molar-refractivity contribution is 4.94. The lowest BCUT2D eigenvalue weighted by Crippen LogP contribution is -2.59. The molecule has 1 N–H and O–H groups in total. The molecule has 2 aliphatic rings. The highest BCUT2D eigenvalue weighted by Crippen LogP contribution is 2.44. The molecular weight excluding hydrogens is 220 g/mol. The summed E-state index contributed by atoms with van der Waals surface area (Å²) in [4.78, 5) is 2.77. The van der Waals surface area contributed by atoms with Gasteiger partial charge in [-0.3, -0.25) is 4.90 Å². The SMILES string of the molecule is CCC(C)C1CN(CC2(CC)CCC2)C(C)CN1. The Bertz CT molecular complexity index is 254. The summed E-state index contributed by atoms with van der Waals surface area (Å²) < 4.78 is 0. The molecule has 3 atom stereocenters. The molecule has 1 saturated carbocycles. The Balaban J connectivity index is 1.93. The highest BCUT2D eigenvalue weighted by atomic mass is 15.2. The van der Waals surface area contributed by atoms with Crippen LogP contribution in [0, 0.1) is 11.3 Å². The molecule has 1 saturated heterocycles. The van der Waals surface area contributed by atoms with Crippen molar-refractivity contribution < 1.29 is 0 Å². The van der Waals surface area contributed by atoms with Crippen LogP contribution in [0.2, 0.25) is 0 Å². The monoisotopic (exact) mass is 252 g/mol. The third kappa shape index (κ3) is 2.91. The van der Waals surface area contributed by atoms with Gasteiger partial charge in [0.25, 0.3) is 0 Å². The minimum atomic E-state index is 0.672. The lowest BCUT2D eigenvalue weighted by Gasteiger charge is -2.49. The van der Waals surface area contributed by atoms with Crippen LogP contribution in [0.3, 0.4) is 0 Å². The van der Waals surface area contributed by atoms with Gasteiger partial charge in [-0.2, -0.15) is 0 Å². The van der Waals surface area contributed by atoms with Gasteiger partial charge in [0, 0.05) is 31.7 Å². The lowest BCUT2D eigenvalue weighted by molar-refractivity contribution is 0.0193. The van der Waals surface area contributed by atoms with Gasteiger partial charge in [0.15, 0.2) is 0 Å². The van der Waals surface area contributed by atoms with Crippen molar-refractivity contribution in [3.05, 3.63) is 0 Å². The van der Waals surface area contributed by atoms with Gasteiger partial charge < -0.3 is 5.32 Å². The summed E-state index contributed by atoms with van der Waals surface area (Å²) in [5.41, 5.74) is 0.672. The average Bonchev–Trinajstić information content (AvgIpc) is 2.35. The summed E-state index contributed by atoms with van der Waals surface area (Å²) in [5.74, 6) is 0.805. The number of nitrogens with zero attached hydrogens (tertiary/aromatic N) is 1. The van der Waals surface area contributed by atoms with E-state index in [9.17, 15) is 0 Å². The van der Waals surface area contributed by atoms with Gasteiger partial charge in [-0.05, 0) is 37.5 Å². The second kappa shape index (κ2) is 5.92. The molecule has 1 aliphatic heterocycles. The van der Waals surface area contributed by atoms with Gasteiger partial charge in [-0.15, -0.1) is 0 Å². The van der Waals surface area contributed by atoms with Crippen molar-refractivity contribution in [1.29, 1.82) is 0 Å². The van der Waals surface area contributed by atoms with Crippen molar-refractivity contribution >= 4 is 0 Å². The summed E-state index contributed by atoms with van der Waals surface area (Å²) in [6.45, 7) is 13.3. The Hall–Kier alpha value is -0.0800. The topological polar surface area (TPSA) is 15.3 Å². The van der Waals surface area contributed by atoms with Crippen molar-refractivity contribution in [3.63, 3.8) is 0 Å². The molecule has 2 heteroatoms. The zero-order chi connectivity index (χ0) is 13.2. The molecule has 0 spiro atoms. The van der Waals surface area contributed by atoms with E-state index < -0.39 is 0 Å². The van der Waals surface area contributed by atoms with E-state index in [0.717, 1.165) is 5.92 Å². The van der Waals surface area contributed by atoms with Crippen LogP contribution in [0.25, 0.3) is 0 Å². The van der Waals surface area contributed by atoms with Crippen molar-refractivity contribution in [3.8, 4) is 0 Å². The van der Waals surface area contributed by atoms with E-state index in [1.165, 1.54) is 51.7 Å². The minimum absolute atomic E-state index is 0.672. The zero-order valence-corrected chi connectivity index (χ0v) is 12.8. The molecule has 0 amide bonds. The molecule has 106 valence electrons. The number of hydrogen-bond acceptors (Lipinski definition) is 2. The van der Waals surface area contributed by atoms with E-state index >= 15 is 0 Å². The summed E-state index contributed by atoms with van der Waals surface area (Å²) >= 11 is 0. The first-order chi connectivity index (χ1) is 8.60. The van der Waals surface area contributed by atoms with Crippen LogP contribution in [0.1, 0.15) is 59.8 Å². The van der Waals surface area contributed by atoms with Crippen LogP contribution in [0.5, 0.6) is 0 Å². The molecule has 1 heterocycles. The van der Waals surface area contributed by atoms with Crippen LogP contribution in [0.15, 0.2) is 0 Å². The van der Waals surface area contributed by atoms with Gasteiger partial charge in [-0.25, -0.2) is 0 Å². The third-order valence-corrected chi connectivity index (χ3v) is 5.76. The summed E-state index contributed by atoms with van der Waals surface area (Å²) in [5, 5.41) is 3.75. The largest absolute Gasteiger partial charge is 0.311 e. The maximum absolute atomic E-state index is 3.75. The third-order valence-electron chi connectivity index (χ3n) is 5.76. The van der Waals surface area contributed by atoms with E-state index in [-0.39, 0.29) is 0 Å². The summed E-state index contributed by atoms with van der Waals surface area (Å²) in [6, 6.07) is 1.43. The smallest absolute Gasteiger partial charge is 0.0221 e. The van der Waals surface area contributed by atoms with E-state index in [0.29, 0.717) is 17.5 Å². The molecular formula is C16H32N2. The second-order valence-corrected chi connectivity index (χ2v) is 6.89. The molecule has 2 fully saturated rings. The van der Waals surface area contributed by atoms with E-state index in [2.05, 4.69) is 37.9 Å². The van der Waals surface area contributed by atoms with Gasteiger partial charge in [0.05, 0.1) is 0 Å². The van der Waals surface area contributed by atoms with Crippen LogP contribution in [-0.4, -0.2) is 36.6 Å². The van der Waals surface area contributed by atoms with Crippen LogP contribution in [0.4, 0.5) is 0 Å². The standard InChI is InChI=1S/C16H32N2/c1-5-13(3)15-11-18(14(4)10-17-15)12-16(6-2)8-7-9-16/h13-15,17H,5-12H2,1-4H3. The van der Waals surface area contributed by atoms with Crippen LogP contribution < -0.4 is 5.32 Å².